The van der Waals surface area contributed by atoms with Crippen LogP contribution in [0.2, 0.25) is 5.02 Å². The number of benzene rings is 1. The van der Waals surface area contributed by atoms with Gasteiger partial charge in [0.05, 0.1) is 0 Å². The van der Waals surface area contributed by atoms with Crippen molar-refractivity contribution >= 4 is 36.1 Å². The van der Waals surface area contributed by atoms with Gasteiger partial charge in [-0.2, -0.15) is 12.6 Å². The number of likely N-dealkylation sites (tertiary alicyclic amines) is 1. The second kappa shape index (κ2) is 5.84. The molecule has 1 fully saturated rings. The summed E-state index contributed by atoms with van der Waals surface area (Å²) in [7, 11) is 0. The summed E-state index contributed by atoms with van der Waals surface area (Å²) >= 11 is 10.0. The smallest absolute Gasteiger partial charge is 0.326 e. The fraction of sp³-hybridized carbons (Fsp3) is 0.385. The Labute approximate surface area is 121 Å². The number of halogens is 1. The van der Waals surface area contributed by atoms with Gasteiger partial charge in [-0.1, -0.05) is 23.7 Å². The third-order valence-corrected chi connectivity index (χ3v) is 3.74. The molecule has 19 heavy (non-hydrogen) atoms. The lowest BCUT2D eigenvalue weighted by atomic mass is 10.1. The molecule has 1 aliphatic rings. The minimum atomic E-state index is -0.995. The Morgan fingerprint density at radius 3 is 2.58 bits per heavy atom. The average Bonchev–Trinajstić information content (AvgIpc) is 2.67. The number of amides is 1. The monoisotopic (exact) mass is 299 g/mol. The van der Waals surface area contributed by atoms with Crippen LogP contribution in [0.4, 0.5) is 0 Å². The van der Waals surface area contributed by atoms with Crippen LogP contribution in [0.3, 0.4) is 0 Å². The number of carboxylic acids is 1. The lowest BCUT2D eigenvalue weighted by Crippen LogP contribution is -2.43. The normalized spacial score (nSPS) is 20.6. The molecule has 1 amide bonds. The van der Waals surface area contributed by atoms with Crippen molar-refractivity contribution in [3.05, 3.63) is 34.9 Å². The second-order valence-electron chi connectivity index (χ2n) is 4.59. The maximum atomic E-state index is 11.8. The summed E-state index contributed by atoms with van der Waals surface area (Å²) in [5, 5.41) is 9.83. The van der Waals surface area contributed by atoms with Gasteiger partial charge in [-0.3, -0.25) is 4.79 Å². The third-order valence-electron chi connectivity index (χ3n) is 3.14. The second-order valence-corrected chi connectivity index (χ2v) is 5.76. The highest BCUT2D eigenvalue weighted by Gasteiger charge is 2.36. The number of carbonyl (C=O) groups excluding carboxylic acids is 1. The van der Waals surface area contributed by atoms with Gasteiger partial charge in [-0.15, -0.1) is 0 Å². The summed E-state index contributed by atoms with van der Waals surface area (Å²) < 4.78 is 0. The fourth-order valence-electron chi connectivity index (χ4n) is 2.19. The zero-order chi connectivity index (χ0) is 14.0. The molecule has 0 spiro atoms. The van der Waals surface area contributed by atoms with Crippen molar-refractivity contribution in [2.75, 3.05) is 6.54 Å². The van der Waals surface area contributed by atoms with E-state index in [4.69, 9.17) is 11.6 Å². The summed E-state index contributed by atoms with van der Waals surface area (Å²) in [5.74, 6) is -1.15. The molecular weight excluding hydrogens is 286 g/mol. The largest absolute Gasteiger partial charge is 0.480 e. The van der Waals surface area contributed by atoms with Crippen LogP contribution in [-0.2, 0) is 16.0 Å². The quantitative estimate of drug-likeness (QED) is 0.835. The molecule has 2 rings (SSSR count). The molecule has 1 aliphatic heterocycles. The van der Waals surface area contributed by atoms with E-state index >= 15 is 0 Å². The predicted octanol–water partition coefficient (Wildman–Crippen LogP) is 1.87. The Balaban J connectivity index is 2.15. The van der Waals surface area contributed by atoms with Crippen LogP contribution in [0.25, 0.3) is 0 Å². The van der Waals surface area contributed by atoms with Gasteiger partial charge in [0.1, 0.15) is 6.04 Å². The molecule has 0 radical (unpaired) electrons. The van der Waals surface area contributed by atoms with Crippen molar-refractivity contribution in [3.63, 3.8) is 0 Å². The molecule has 1 N–H and O–H groups in total. The highest BCUT2D eigenvalue weighted by Crippen LogP contribution is 2.21. The lowest BCUT2D eigenvalue weighted by Gasteiger charge is -2.24. The molecule has 2 atom stereocenters. The number of nitrogens with zero attached hydrogens (tertiary/aromatic N) is 1. The van der Waals surface area contributed by atoms with Crippen molar-refractivity contribution in [1.82, 2.24) is 4.90 Å². The number of thiol groups is 1. The Hall–Kier alpha value is -1.20. The molecule has 4 nitrogen and oxygen atoms in total. The van der Waals surface area contributed by atoms with Crippen molar-refractivity contribution < 1.29 is 14.7 Å². The number of hydrogen-bond acceptors (Lipinski definition) is 3. The Bertz CT molecular complexity index is 491. The van der Waals surface area contributed by atoms with E-state index in [1.165, 1.54) is 4.90 Å². The van der Waals surface area contributed by atoms with Gasteiger partial charge in [0, 0.05) is 29.7 Å². The van der Waals surface area contributed by atoms with E-state index in [0.717, 1.165) is 5.56 Å². The molecular formula is C13H14ClNO3S. The van der Waals surface area contributed by atoms with Crippen LogP contribution in [0.1, 0.15) is 12.0 Å². The predicted molar refractivity (Wildman–Crippen MR) is 75.7 cm³/mol. The molecule has 0 aromatic heterocycles. The van der Waals surface area contributed by atoms with Gasteiger partial charge >= 0.3 is 5.97 Å². The minimum absolute atomic E-state index is 0.0837. The topological polar surface area (TPSA) is 57.6 Å². The van der Waals surface area contributed by atoms with Crippen molar-refractivity contribution in [1.29, 1.82) is 0 Å². The first kappa shape index (κ1) is 14.2. The minimum Gasteiger partial charge on any atom is -0.480 e. The van der Waals surface area contributed by atoms with E-state index in [-0.39, 0.29) is 17.6 Å². The molecule has 1 aromatic rings. The highest BCUT2D eigenvalue weighted by atomic mass is 35.5. The molecule has 1 saturated heterocycles. The van der Waals surface area contributed by atoms with Crippen LogP contribution in [0.15, 0.2) is 24.3 Å². The third kappa shape index (κ3) is 3.42. The van der Waals surface area contributed by atoms with Gasteiger partial charge in [-0.05, 0) is 17.7 Å². The zero-order valence-corrected chi connectivity index (χ0v) is 11.8. The molecule has 1 aromatic carbocycles. The Morgan fingerprint density at radius 2 is 2.11 bits per heavy atom. The summed E-state index contributed by atoms with van der Waals surface area (Å²) in [6.07, 6.45) is 0.576. The van der Waals surface area contributed by atoms with Crippen molar-refractivity contribution in [2.24, 2.45) is 0 Å². The summed E-state index contributed by atoms with van der Waals surface area (Å²) in [5.41, 5.74) is 0.840. The summed E-state index contributed by atoms with van der Waals surface area (Å²) in [6, 6.07) is 6.13. The van der Waals surface area contributed by atoms with Crippen LogP contribution in [0.5, 0.6) is 0 Å². The van der Waals surface area contributed by atoms with Crippen LogP contribution < -0.4 is 0 Å². The first-order chi connectivity index (χ1) is 8.97. The van der Waals surface area contributed by atoms with E-state index in [1.807, 2.05) is 0 Å². The lowest BCUT2D eigenvalue weighted by molar-refractivity contribution is -0.148. The fourth-order valence-corrected chi connectivity index (χ4v) is 2.65. The zero-order valence-electron chi connectivity index (χ0n) is 10.1. The maximum absolute atomic E-state index is 11.8. The van der Waals surface area contributed by atoms with Gasteiger partial charge in [0.2, 0.25) is 5.91 Å². The van der Waals surface area contributed by atoms with Crippen LogP contribution in [0, 0.1) is 0 Å². The number of carbonyl (C=O) groups is 2. The Kier molecular flexibility index (Phi) is 4.37. The molecule has 0 saturated carbocycles. The number of aliphatic carboxylic acids is 1. The first-order valence-electron chi connectivity index (χ1n) is 5.92. The van der Waals surface area contributed by atoms with E-state index in [1.54, 1.807) is 24.3 Å². The van der Waals surface area contributed by atoms with Crippen molar-refractivity contribution in [2.45, 2.75) is 24.1 Å². The van der Waals surface area contributed by atoms with Crippen molar-refractivity contribution in [3.8, 4) is 0 Å². The van der Waals surface area contributed by atoms with Gasteiger partial charge < -0.3 is 10.0 Å². The van der Waals surface area contributed by atoms with E-state index in [9.17, 15) is 14.7 Å². The summed E-state index contributed by atoms with van der Waals surface area (Å²) in [6.45, 7) is 0.381. The standard InChI is InChI=1S/C13H14ClNO3S/c14-9-3-1-8(2-4-9)5-11(13(17)18)15-7-10(19)6-12(15)16/h1-4,10-11,19H,5-7H2,(H,17,18)/t10?,11-/m0/s1. The molecule has 0 aliphatic carbocycles. The average molecular weight is 300 g/mol. The van der Waals surface area contributed by atoms with Gasteiger partial charge in [0.25, 0.3) is 0 Å². The van der Waals surface area contributed by atoms with Crippen LogP contribution >= 0.6 is 24.2 Å². The molecule has 0 bridgehead atoms. The summed E-state index contributed by atoms with van der Waals surface area (Å²) in [4.78, 5) is 24.5. The molecule has 6 heteroatoms. The van der Waals surface area contributed by atoms with Crippen LogP contribution in [-0.4, -0.2) is 39.7 Å². The van der Waals surface area contributed by atoms with E-state index in [0.29, 0.717) is 18.0 Å². The molecule has 1 unspecified atom stereocenters. The molecule has 102 valence electrons. The van der Waals surface area contributed by atoms with E-state index < -0.39 is 12.0 Å². The number of hydrogen-bond donors (Lipinski definition) is 2. The SMILES string of the molecule is O=C(O)[C@H](Cc1ccc(Cl)cc1)N1CC(S)CC1=O. The molecule has 1 heterocycles. The number of carboxylic acid groups (broad SMARTS) is 1. The Morgan fingerprint density at radius 1 is 1.47 bits per heavy atom. The van der Waals surface area contributed by atoms with Gasteiger partial charge in [-0.25, -0.2) is 4.79 Å². The maximum Gasteiger partial charge on any atom is 0.326 e. The number of rotatable bonds is 4. The first-order valence-corrected chi connectivity index (χ1v) is 6.81. The highest BCUT2D eigenvalue weighted by molar-refractivity contribution is 7.81. The van der Waals surface area contributed by atoms with E-state index in [2.05, 4.69) is 12.6 Å². The van der Waals surface area contributed by atoms with Gasteiger partial charge in [0.15, 0.2) is 0 Å².